The molecule has 0 bridgehead atoms. The van der Waals surface area contributed by atoms with Crippen LogP contribution in [0.4, 0.5) is 0 Å². The van der Waals surface area contributed by atoms with E-state index in [1.54, 1.807) is 11.3 Å². The average molecular weight is 375 g/mol. The molecular formula is C12H14IN3OS. The van der Waals surface area contributed by atoms with Gasteiger partial charge in [0, 0.05) is 21.5 Å². The third-order valence-corrected chi connectivity index (χ3v) is 5.50. The maximum absolute atomic E-state index is 9.26. The van der Waals surface area contributed by atoms with E-state index in [2.05, 4.69) is 44.3 Å². The lowest BCUT2D eigenvalue weighted by Gasteiger charge is -2.13. The van der Waals surface area contributed by atoms with Gasteiger partial charge in [0.05, 0.1) is 12.2 Å². The maximum atomic E-state index is 9.26. The van der Waals surface area contributed by atoms with Crippen LogP contribution in [0.3, 0.4) is 0 Å². The molecule has 0 aliphatic heterocycles. The first-order valence-corrected chi connectivity index (χ1v) is 8.16. The van der Waals surface area contributed by atoms with Gasteiger partial charge in [-0.15, -0.1) is 5.10 Å². The topological polar surface area (TPSA) is 50.9 Å². The van der Waals surface area contributed by atoms with Gasteiger partial charge in [-0.2, -0.15) is 11.3 Å². The summed E-state index contributed by atoms with van der Waals surface area (Å²) in [5, 5.41) is 21.9. The van der Waals surface area contributed by atoms with Crippen LogP contribution in [-0.2, 0) is 0 Å². The van der Waals surface area contributed by atoms with E-state index in [-0.39, 0.29) is 6.61 Å². The van der Waals surface area contributed by atoms with Crippen LogP contribution in [-0.4, -0.2) is 30.6 Å². The van der Waals surface area contributed by atoms with Gasteiger partial charge in [-0.25, -0.2) is 4.68 Å². The number of alkyl halides is 1. The summed E-state index contributed by atoms with van der Waals surface area (Å²) in [6.45, 7) is 0.280. The Kier molecular flexibility index (Phi) is 3.67. The minimum absolute atomic E-state index is 0.280. The van der Waals surface area contributed by atoms with Gasteiger partial charge >= 0.3 is 0 Å². The van der Waals surface area contributed by atoms with Gasteiger partial charge in [0.2, 0.25) is 0 Å². The van der Waals surface area contributed by atoms with Gasteiger partial charge < -0.3 is 5.11 Å². The molecule has 0 amide bonds. The largest absolute Gasteiger partial charge is 0.396 e. The van der Waals surface area contributed by atoms with Crippen LogP contribution in [0.1, 0.15) is 18.9 Å². The van der Waals surface area contributed by atoms with Crippen molar-refractivity contribution in [3.8, 4) is 11.3 Å². The van der Waals surface area contributed by atoms with E-state index in [0.29, 0.717) is 15.9 Å². The number of aliphatic hydroxyl groups is 1. The monoisotopic (exact) mass is 375 g/mol. The van der Waals surface area contributed by atoms with Crippen LogP contribution in [0.5, 0.6) is 0 Å². The first-order valence-electron chi connectivity index (χ1n) is 5.97. The molecule has 1 aliphatic carbocycles. The second kappa shape index (κ2) is 5.26. The van der Waals surface area contributed by atoms with Crippen molar-refractivity contribution in [2.45, 2.75) is 22.8 Å². The van der Waals surface area contributed by atoms with E-state index in [1.807, 2.05) is 16.3 Å². The standard InChI is InChI=1S/C12H14IN3OS/c13-10-3-8(6-17)4-12(10)16-5-11(14-15-16)9-1-2-18-7-9/h1-2,5,7-8,10,12,17H,3-4,6H2/t8-,10-,12-/m1/s1. The third-order valence-electron chi connectivity index (χ3n) is 3.48. The molecule has 18 heavy (non-hydrogen) atoms. The number of aliphatic hydroxyl groups excluding tert-OH is 1. The van der Waals surface area contributed by atoms with Gasteiger partial charge in [0.15, 0.2) is 0 Å². The Balaban J connectivity index is 1.81. The van der Waals surface area contributed by atoms with Crippen LogP contribution in [0.15, 0.2) is 23.0 Å². The average Bonchev–Trinajstić information content (AvgIpc) is 3.08. The highest BCUT2D eigenvalue weighted by Gasteiger charge is 2.34. The fourth-order valence-electron chi connectivity index (χ4n) is 2.47. The van der Waals surface area contributed by atoms with Crippen molar-refractivity contribution in [3.63, 3.8) is 0 Å². The predicted octanol–water partition coefficient (Wildman–Crippen LogP) is 2.75. The molecule has 0 aromatic carbocycles. The number of hydrogen-bond acceptors (Lipinski definition) is 4. The van der Waals surface area contributed by atoms with E-state index in [4.69, 9.17) is 0 Å². The van der Waals surface area contributed by atoms with Crippen molar-refractivity contribution in [1.82, 2.24) is 15.0 Å². The van der Waals surface area contributed by atoms with Crippen LogP contribution < -0.4 is 0 Å². The molecule has 1 aliphatic rings. The fraction of sp³-hybridized carbons (Fsp3) is 0.500. The van der Waals surface area contributed by atoms with E-state index < -0.39 is 0 Å². The van der Waals surface area contributed by atoms with Crippen LogP contribution in [0.2, 0.25) is 0 Å². The summed E-state index contributed by atoms with van der Waals surface area (Å²) in [6.07, 6.45) is 4.09. The minimum Gasteiger partial charge on any atom is -0.396 e. The summed E-state index contributed by atoms with van der Waals surface area (Å²) in [5.41, 5.74) is 2.07. The van der Waals surface area contributed by atoms with Crippen molar-refractivity contribution < 1.29 is 5.11 Å². The molecule has 0 saturated heterocycles. The van der Waals surface area contributed by atoms with Gasteiger partial charge in [0.25, 0.3) is 0 Å². The van der Waals surface area contributed by atoms with Crippen LogP contribution in [0, 0.1) is 5.92 Å². The zero-order valence-electron chi connectivity index (χ0n) is 9.74. The molecule has 0 radical (unpaired) electrons. The van der Waals surface area contributed by atoms with Crippen molar-refractivity contribution in [2.75, 3.05) is 6.61 Å². The zero-order valence-corrected chi connectivity index (χ0v) is 12.7. The molecule has 0 unspecified atom stereocenters. The van der Waals surface area contributed by atoms with E-state index in [9.17, 15) is 5.11 Å². The molecule has 1 fully saturated rings. The summed E-state index contributed by atoms with van der Waals surface area (Å²) in [7, 11) is 0. The van der Waals surface area contributed by atoms with Gasteiger partial charge in [-0.05, 0) is 30.2 Å². The Morgan fingerprint density at radius 1 is 1.50 bits per heavy atom. The Labute approximate surface area is 123 Å². The SMILES string of the molecule is OC[C@@H]1C[C@@H](I)[C@H](n2cc(-c3ccsc3)nn2)C1. The smallest absolute Gasteiger partial charge is 0.113 e. The van der Waals surface area contributed by atoms with Gasteiger partial charge in [-0.1, -0.05) is 27.8 Å². The molecule has 2 aromatic rings. The highest BCUT2D eigenvalue weighted by Crippen LogP contribution is 2.39. The molecule has 6 heteroatoms. The lowest BCUT2D eigenvalue weighted by Crippen LogP contribution is -2.14. The number of thiophene rings is 1. The number of rotatable bonds is 3. The van der Waals surface area contributed by atoms with Crippen molar-refractivity contribution in [2.24, 2.45) is 5.92 Å². The highest BCUT2D eigenvalue weighted by atomic mass is 127. The molecule has 2 heterocycles. The second-order valence-electron chi connectivity index (χ2n) is 4.70. The Morgan fingerprint density at radius 3 is 3.06 bits per heavy atom. The van der Waals surface area contributed by atoms with E-state index in [0.717, 1.165) is 24.1 Å². The number of nitrogens with zero attached hydrogens (tertiary/aromatic N) is 3. The molecular weight excluding hydrogens is 361 g/mol. The molecule has 4 nitrogen and oxygen atoms in total. The number of halogens is 1. The lowest BCUT2D eigenvalue weighted by molar-refractivity contribution is 0.225. The predicted molar refractivity (Wildman–Crippen MR) is 80.0 cm³/mol. The van der Waals surface area contributed by atoms with Crippen molar-refractivity contribution in [1.29, 1.82) is 0 Å². The zero-order chi connectivity index (χ0) is 12.5. The lowest BCUT2D eigenvalue weighted by atomic mass is 10.1. The Hall–Kier alpha value is -0.470. The van der Waals surface area contributed by atoms with E-state index >= 15 is 0 Å². The fourth-order valence-corrected chi connectivity index (χ4v) is 4.46. The minimum atomic E-state index is 0.280. The summed E-state index contributed by atoms with van der Waals surface area (Å²) in [6, 6.07) is 2.42. The van der Waals surface area contributed by atoms with Crippen molar-refractivity contribution in [3.05, 3.63) is 23.0 Å². The van der Waals surface area contributed by atoms with E-state index in [1.165, 1.54) is 0 Å². The molecule has 2 aromatic heterocycles. The van der Waals surface area contributed by atoms with Gasteiger partial charge in [-0.3, -0.25) is 0 Å². The Bertz CT molecular complexity index is 513. The second-order valence-corrected chi connectivity index (χ2v) is 7.08. The summed E-state index contributed by atoms with van der Waals surface area (Å²) in [5.74, 6) is 0.408. The summed E-state index contributed by atoms with van der Waals surface area (Å²) >= 11 is 4.13. The molecule has 96 valence electrons. The normalized spacial score (nSPS) is 27.8. The maximum Gasteiger partial charge on any atom is 0.113 e. The Morgan fingerprint density at radius 2 is 2.39 bits per heavy atom. The summed E-state index contributed by atoms with van der Waals surface area (Å²) < 4.78 is 2.50. The molecule has 0 spiro atoms. The highest BCUT2D eigenvalue weighted by molar-refractivity contribution is 14.1. The van der Waals surface area contributed by atoms with Crippen LogP contribution in [0.25, 0.3) is 11.3 Å². The molecule has 3 rings (SSSR count). The first kappa shape index (κ1) is 12.6. The van der Waals surface area contributed by atoms with Gasteiger partial charge in [0.1, 0.15) is 5.69 Å². The molecule has 3 atom stereocenters. The number of aromatic nitrogens is 3. The summed E-state index contributed by atoms with van der Waals surface area (Å²) in [4.78, 5) is 0. The van der Waals surface area contributed by atoms with Crippen LogP contribution >= 0.6 is 33.9 Å². The van der Waals surface area contributed by atoms with Crippen molar-refractivity contribution >= 4 is 33.9 Å². The molecule has 1 N–H and O–H groups in total. The first-order chi connectivity index (χ1) is 8.78. The number of hydrogen-bond donors (Lipinski definition) is 1. The molecule has 1 saturated carbocycles. The third kappa shape index (κ3) is 2.33. The quantitative estimate of drug-likeness (QED) is 0.663.